The summed E-state index contributed by atoms with van der Waals surface area (Å²) in [5, 5.41) is 9.52. The van der Waals surface area contributed by atoms with E-state index in [1.54, 1.807) is 12.3 Å². The molecule has 0 radical (unpaired) electrons. The molecule has 2 rings (SSSR count). The van der Waals surface area contributed by atoms with Gasteiger partial charge >= 0.3 is 0 Å². The number of nitrogens with zero attached hydrogens (tertiary/aromatic N) is 2. The summed E-state index contributed by atoms with van der Waals surface area (Å²) in [5.74, 6) is -0.0429. The highest BCUT2D eigenvalue weighted by molar-refractivity contribution is 6.31. The Morgan fingerprint density at radius 2 is 2.50 bits per heavy atom. The molecule has 60 valence electrons. The summed E-state index contributed by atoms with van der Waals surface area (Å²) >= 11 is 5.94. The van der Waals surface area contributed by atoms with Crippen LogP contribution in [0, 0.1) is 11.3 Å². The third-order valence-electron chi connectivity index (χ3n) is 2.20. The fourth-order valence-corrected chi connectivity index (χ4v) is 1.83. The Balaban J connectivity index is 2.55. The number of rotatable bonds is 0. The monoisotopic (exact) mass is 178 g/mol. The van der Waals surface area contributed by atoms with Crippen LogP contribution in [0.2, 0.25) is 5.02 Å². The fourth-order valence-electron chi connectivity index (χ4n) is 1.58. The Morgan fingerprint density at radius 3 is 3.25 bits per heavy atom. The van der Waals surface area contributed by atoms with Gasteiger partial charge in [0.2, 0.25) is 0 Å². The van der Waals surface area contributed by atoms with Crippen LogP contribution in [-0.2, 0) is 6.42 Å². The average Bonchev–Trinajstić information content (AvgIpc) is 2.49. The van der Waals surface area contributed by atoms with Crippen LogP contribution in [0.3, 0.4) is 0 Å². The summed E-state index contributed by atoms with van der Waals surface area (Å²) in [5.41, 5.74) is 1.94. The van der Waals surface area contributed by atoms with Gasteiger partial charge in [0.1, 0.15) is 0 Å². The molecule has 0 aromatic carbocycles. The van der Waals surface area contributed by atoms with Gasteiger partial charge in [0, 0.05) is 11.2 Å². The van der Waals surface area contributed by atoms with E-state index >= 15 is 0 Å². The van der Waals surface area contributed by atoms with Crippen molar-refractivity contribution >= 4 is 11.6 Å². The second-order valence-electron chi connectivity index (χ2n) is 2.88. The first-order valence-electron chi connectivity index (χ1n) is 3.86. The van der Waals surface area contributed by atoms with E-state index < -0.39 is 0 Å². The highest BCUT2D eigenvalue weighted by Gasteiger charge is 2.24. The first kappa shape index (κ1) is 7.57. The molecule has 2 nitrogen and oxygen atoms in total. The predicted molar refractivity (Wildman–Crippen MR) is 45.9 cm³/mol. The second-order valence-corrected chi connectivity index (χ2v) is 3.28. The molecule has 0 saturated carbocycles. The molecular formula is C9H7ClN2. The molecular weight excluding hydrogens is 172 g/mol. The van der Waals surface area contributed by atoms with Crippen LogP contribution in [0.25, 0.3) is 0 Å². The van der Waals surface area contributed by atoms with Gasteiger partial charge < -0.3 is 0 Å². The topological polar surface area (TPSA) is 36.7 Å². The Hall–Kier alpha value is -1.07. The Kier molecular flexibility index (Phi) is 1.74. The SMILES string of the molecule is N#CC1CCc2c(Cl)ccnc21. The number of hydrogen-bond donors (Lipinski definition) is 0. The Labute approximate surface area is 75.8 Å². The maximum atomic E-state index is 8.77. The van der Waals surface area contributed by atoms with Gasteiger partial charge in [-0.25, -0.2) is 0 Å². The second kappa shape index (κ2) is 2.76. The van der Waals surface area contributed by atoms with Crippen molar-refractivity contribution in [3.63, 3.8) is 0 Å². The van der Waals surface area contributed by atoms with E-state index in [-0.39, 0.29) is 5.92 Å². The Bertz CT molecular complexity index is 354. The minimum absolute atomic E-state index is 0.0429. The zero-order valence-corrected chi connectivity index (χ0v) is 7.17. The maximum Gasteiger partial charge on any atom is 0.0891 e. The first-order valence-corrected chi connectivity index (χ1v) is 4.23. The standard InChI is InChI=1S/C9H7ClN2/c10-8-3-4-12-9-6(5-11)1-2-7(8)9/h3-4,6H,1-2H2. The minimum atomic E-state index is -0.0429. The van der Waals surface area contributed by atoms with E-state index in [1.165, 1.54) is 0 Å². The highest BCUT2D eigenvalue weighted by Crippen LogP contribution is 2.34. The molecule has 0 N–H and O–H groups in total. The normalized spacial score (nSPS) is 20.2. The van der Waals surface area contributed by atoms with Crippen molar-refractivity contribution in [3.05, 3.63) is 28.5 Å². The van der Waals surface area contributed by atoms with Crippen molar-refractivity contribution in [2.45, 2.75) is 18.8 Å². The van der Waals surface area contributed by atoms with E-state index in [0.717, 1.165) is 29.1 Å². The highest BCUT2D eigenvalue weighted by atomic mass is 35.5. The van der Waals surface area contributed by atoms with Crippen LogP contribution in [-0.4, -0.2) is 4.98 Å². The molecule has 1 aliphatic carbocycles. The lowest BCUT2D eigenvalue weighted by atomic mass is 10.1. The van der Waals surface area contributed by atoms with Gasteiger partial charge in [-0.2, -0.15) is 5.26 Å². The molecule has 3 heteroatoms. The number of halogens is 1. The summed E-state index contributed by atoms with van der Waals surface area (Å²) in [6.45, 7) is 0. The third kappa shape index (κ3) is 0.981. The summed E-state index contributed by atoms with van der Waals surface area (Å²) in [6.07, 6.45) is 3.42. The summed E-state index contributed by atoms with van der Waals surface area (Å²) in [4.78, 5) is 4.17. The number of hydrogen-bond acceptors (Lipinski definition) is 2. The van der Waals surface area contributed by atoms with E-state index in [9.17, 15) is 0 Å². The largest absolute Gasteiger partial charge is 0.260 e. The third-order valence-corrected chi connectivity index (χ3v) is 2.55. The molecule has 1 aromatic rings. The first-order chi connectivity index (χ1) is 5.83. The molecule has 12 heavy (non-hydrogen) atoms. The van der Waals surface area contributed by atoms with Crippen molar-refractivity contribution in [2.75, 3.05) is 0 Å². The number of aromatic nitrogens is 1. The lowest BCUT2D eigenvalue weighted by Gasteiger charge is -2.00. The van der Waals surface area contributed by atoms with Crippen LogP contribution in [0.5, 0.6) is 0 Å². The molecule has 0 bridgehead atoms. The van der Waals surface area contributed by atoms with Crippen LogP contribution >= 0.6 is 11.6 Å². The molecule has 0 saturated heterocycles. The van der Waals surface area contributed by atoms with Gasteiger partial charge in [-0.15, -0.1) is 0 Å². The van der Waals surface area contributed by atoms with Crippen LogP contribution in [0.4, 0.5) is 0 Å². The number of pyridine rings is 1. The van der Waals surface area contributed by atoms with Crippen LogP contribution < -0.4 is 0 Å². The maximum absolute atomic E-state index is 8.77. The average molecular weight is 179 g/mol. The van der Waals surface area contributed by atoms with Crippen molar-refractivity contribution in [1.82, 2.24) is 4.98 Å². The summed E-state index contributed by atoms with van der Waals surface area (Å²) in [6, 6.07) is 4.00. The van der Waals surface area contributed by atoms with E-state index in [1.807, 2.05) is 0 Å². The predicted octanol–water partition coefficient (Wildman–Crippen LogP) is 2.29. The molecule has 0 amide bonds. The van der Waals surface area contributed by atoms with Gasteiger partial charge in [-0.3, -0.25) is 4.98 Å². The van der Waals surface area contributed by atoms with Gasteiger partial charge in [-0.05, 0) is 24.5 Å². The molecule has 0 aliphatic heterocycles. The van der Waals surface area contributed by atoms with E-state index in [0.29, 0.717) is 0 Å². The zero-order chi connectivity index (χ0) is 8.55. The van der Waals surface area contributed by atoms with Crippen LogP contribution in [0.1, 0.15) is 23.6 Å². The smallest absolute Gasteiger partial charge is 0.0891 e. The van der Waals surface area contributed by atoms with E-state index in [4.69, 9.17) is 16.9 Å². The van der Waals surface area contributed by atoms with Gasteiger partial charge in [0.15, 0.2) is 0 Å². The number of nitriles is 1. The molecule has 1 unspecified atom stereocenters. The van der Waals surface area contributed by atoms with Gasteiger partial charge in [0.25, 0.3) is 0 Å². The fraction of sp³-hybridized carbons (Fsp3) is 0.333. The van der Waals surface area contributed by atoms with Crippen molar-refractivity contribution < 1.29 is 0 Å². The van der Waals surface area contributed by atoms with Gasteiger partial charge in [-0.1, -0.05) is 11.6 Å². The van der Waals surface area contributed by atoms with Crippen molar-refractivity contribution in [3.8, 4) is 6.07 Å². The zero-order valence-electron chi connectivity index (χ0n) is 6.42. The Morgan fingerprint density at radius 1 is 1.67 bits per heavy atom. The summed E-state index contributed by atoms with van der Waals surface area (Å²) in [7, 11) is 0. The van der Waals surface area contributed by atoms with Crippen LogP contribution in [0.15, 0.2) is 12.3 Å². The van der Waals surface area contributed by atoms with Crippen molar-refractivity contribution in [2.24, 2.45) is 0 Å². The molecule has 1 atom stereocenters. The molecule has 1 heterocycles. The quantitative estimate of drug-likeness (QED) is 0.611. The van der Waals surface area contributed by atoms with Gasteiger partial charge in [0.05, 0.1) is 17.7 Å². The van der Waals surface area contributed by atoms with Crippen molar-refractivity contribution in [1.29, 1.82) is 5.26 Å². The molecule has 0 fully saturated rings. The lowest BCUT2D eigenvalue weighted by Crippen LogP contribution is -1.92. The molecule has 1 aliphatic rings. The molecule has 1 aromatic heterocycles. The molecule has 0 spiro atoms. The lowest BCUT2D eigenvalue weighted by molar-refractivity contribution is 0.810. The summed E-state index contributed by atoms with van der Waals surface area (Å²) < 4.78 is 0. The van der Waals surface area contributed by atoms with E-state index in [2.05, 4.69) is 11.1 Å². The minimum Gasteiger partial charge on any atom is -0.260 e. The number of fused-ring (bicyclic) bond motifs is 1.